The van der Waals surface area contributed by atoms with Crippen molar-refractivity contribution in [2.75, 3.05) is 6.54 Å². The lowest BCUT2D eigenvalue weighted by molar-refractivity contribution is 0.608. The van der Waals surface area contributed by atoms with Crippen molar-refractivity contribution in [2.45, 2.75) is 44.2 Å². The molecule has 0 aromatic heterocycles. The molecule has 0 radical (unpaired) electrons. The molecule has 2 aliphatic rings. The summed E-state index contributed by atoms with van der Waals surface area (Å²) in [6.07, 6.45) is 3.31. The smallest absolute Gasteiger partial charge is 0.191 e. The first kappa shape index (κ1) is 13.7. The minimum Gasteiger partial charge on any atom is -0.354 e. The zero-order chi connectivity index (χ0) is 14.1. The van der Waals surface area contributed by atoms with E-state index in [1.165, 1.54) is 18.9 Å². The van der Waals surface area contributed by atoms with E-state index < -0.39 is 0 Å². The Morgan fingerprint density at radius 1 is 1.40 bits per heavy atom. The van der Waals surface area contributed by atoms with Gasteiger partial charge in [0, 0.05) is 35.1 Å². The fourth-order valence-electron chi connectivity index (χ4n) is 2.43. The molecule has 2 aliphatic carbocycles. The van der Waals surface area contributed by atoms with Crippen LogP contribution in [0.15, 0.2) is 23.2 Å². The van der Waals surface area contributed by atoms with Gasteiger partial charge < -0.3 is 10.6 Å². The Bertz CT molecular complexity index is 508. The Kier molecular flexibility index (Phi) is 3.83. The van der Waals surface area contributed by atoms with Crippen LogP contribution in [0.3, 0.4) is 0 Å². The maximum absolute atomic E-state index is 13.9. The Balaban J connectivity index is 1.64. The lowest BCUT2D eigenvalue weighted by atomic mass is 10.1. The van der Waals surface area contributed by atoms with E-state index in [1.54, 1.807) is 12.1 Å². The minimum atomic E-state index is -0.212. The number of benzene rings is 1. The van der Waals surface area contributed by atoms with E-state index in [0.29, 0.717) is 16.6 Å². The molecule has 2 fully saturated rings. The van der Waals surface area contributed by atoms with Gasteiger partial charge in [0.25, 0.3) is 0 Å². The molecular formula is C15H19ClFN3. The van der Waals surface area contributed by atoms with Crippen LogP contribution < -0.4 is 10.6 Å². The van der Waals surface area contributed by atoms with Gasteiger partial charge >= 0.3 is 0 Å². The van der Waals surface area contributed by atoms with E-state index in [2.05, 4.69) is 15.6 Å². The molecule has 1 aromatic carbocycles. The number of rotatable bonds is 4. The minimum absolute atomic E-state index is 0.145. The fourth-order valence-corrected chi connectivity index (χ4v) is 2.73. The van der Waals surface area contributed by atoms with Crippen molar-refractivity contribution in [3.05, 3.63) is 34.6 Å². The van der Waals surface area contributed by atoms with Crippen molar-refractivity contribution in [3.63, 3.8) is 0 Å². The van der Waals surface area contributed by atoms with Crippen molar-refractivity contribution >= 4 is 17.6 Å². The van der Waals surface area contributed by atoms with Crippen LogP contribution in [0.4, 0.5) is 4.39 Å². The second kappa shape index (κ2) is 5.60. The number of hydrogen-bond donors (Lipinski definition) is 2. The van der Waals surface area contributed by atoms with E-state index >= 15 is 0 Å². The van der Waals surface area contributed by atoms with Crippen LogP contribution in [-0.4, -0.2) is 24.6 Å². The predicted octanol–water partition coefficient (Wildman–Crippen LogP) is 3.05. The maximum Gasteiger partial charge on any atom is 0.191 e. The third kappa shape index (κ3) is 3.06. The lowest BCUT2D eigenvalue weighted by Crippen LogP contribution is -2.40. The van der Waals surface area contributed by atoms with Gasteiger partial charge in [-0.2, -0.15) is 0 Å². The van der Waals surface area contributed by atoms with E-state index in [4.69, 9.17) is 11.6 Å². The third-order valence-electron chi connectivity index (χ3n) is 3.72. The number of guanidine groups is 1. The predicted molar refractivity (Wildman–Crippen MR) is 79.8 cm³/mol. The lowest BCUT2D eigenvalue weighted by Gasteiger charge is -2.12. The highest BCUT2D eigenvalue weighted by Crippen LogP contribution is 2.44. The molecule has 1 aromatic rings. The average molecular weight is 296 g/mol. The van der Waals surface area contributed by atoms with Crippen LogP contribution in [0.25, 0.3) is 0 Å². The molecule has 5 heteroatoms. The van der Waals surface area contributed by atoms with Crippen LogP contribution >= 0.6 is 11.6 Å². The van der Waals surface area contributed by atoms with Gasteiger partial charge in [0.1, 0.15) is 5.82 Å². The molecule has 0 amide bonds. The van der Waals surface area contributed by atoms with Gasteiger partial charge in [-0.15, -0.1) is 0 Å². The molecule has 2 unspecified atom stereocenters. The molecule has 2 atom stereocenters. The molecule has 0 spiro atoms. The number of hydrogen-bond acceptors (Lipinski definition) is 1. The zero-order valence-electron chi connectivity index (χ0n) is 11.5. The summed E-state index contributed by atoms with van der Waals surface area (Å²) in [4.78, 5) is 4.43. The van der Waals surface area contributed by atoms with Crippen LogP contribution in [0.1, 0.15) is 37.7 Å². The SMILES string of the molecule is CCN=C(NC1CC1)NC1CC1c1c(F)cccc1Cl. The van der Waals surface area contributed by atoms with Gasteiger partial charge in [-0.3, -0.25) is 4.99 Å². The first-order valence-electron chi connectivity index (χ1n) is 7.20. The summed E-state index contributed by atoms with van der Waals surface area (Å²) < 4.78 is 13.9. The van der Waals surface area contributed by atoms with Crippen LogP contribution in [0.2, 0.25) is 5.02 Å². The molecule has 3 nitrogen and oxygen atoms in total. The standard InChI is InChI=1S/C15H19ClFN3/c1-2-18-15(19-9-6-7-9)20-13-8-10(13)14-11(16)4-3-5-12(14)17/h3-5,9-10,13H,2,6-8H2,1H3,(H2,18,19,20). The number of halogens is 2. The molecule has 0 bridgehead atoms. The molecule has 2 saturated carbocycles. The highest BCUT2D eigenvalue weighted by Gasteiger charge is 2.42. The summed E-state index contributed by atoms with van der Waals surface area (Å²) in [6, 6.07) is 5.65. The van der Waals surface area contributed by atoms with Crippen LogP contribution in [0, 0.1) is 5.82 Å². The number of nitrogens with zero attached hydrogens (tertiary/aromatic N) is 1. The van der Waals surface area contributed by atoms with Crippen molar-refractivity contribution < 1.29 is 4.39 Å². The summed E-state index contributed by atoms with van der Waals surface area (Å²) in [7, 11) is 0. The highest BCUT2D eigenvalue weighted by molar-refractivity contribution is 6.31. The fraction of sp³-hybridized carbons (Fsp3) is 0.533. The number of aliphatic imine (C=N–C) groups is 1. The molecule has 0 saturated heterocycles. The molecule has 3 rings (SSSR count). The van der Waals surface area contributed by atoms with E-state index in [-0.39, 0.29) is 17.8 Å². The molecule has 108 valence electrons. The normalized spacial score (nSPS) is 25.4. The first-order chi connectivity index (χ1) is 9.69. The van der Waals surface area contributed by atoms with Gasteiger partial charge in [0.15, 0.2) is 5.96 Å². The van der Waals surface area contributed by atoms with Gasteiger partial charge in [-0.25, -0.2) is 4.39 Å². The molecule has 0 heterocycles. The van der Waals surface area contributed by atoms with Crippen molar-refractivity contribution in [2.24, 2.45) is 4.99 Å². The monoisotopic (exact) mass is 295 g/mol. The van der Waals surface area contributed by atoms with Gasteiger partial charge in [-0.05, 0) is 38.3 Å². The van der Waals surface area contributed by atoms with Gasteiger partial charge in [0.05, 0.1) is 0 Å². The van der Waals surface area contributed by atoms with Crippen LogP contribution in [-0.2, 0) is 0 Å². The topological polar surface area (TPSA) is 36.4 Å². The van der Waals surface area contributed by atoms with Gasteiger partial charge in [0.2, 0.25) is 0 Å². The summed E-state index contributed by atoms with van der Waals surface area (Å²) >= 11 is 6.11. The Hall–Kier alpha value is -1.29. The Labute approximate surface area is 123 Å². The molecule has 20 heavy (non-hydrogen) atoms. The Morgan fingerprint density at radius 2 is 2.20 bits per heavy atom. The average Bonchev–Trinajstić information content (AvgIpc) is 3.28. The summed E-state index contributed by atoms with van der Waals surface area (Å²) in [5.74, 6) is 0.776. The van der Waals surface area contributed by atoms with E-state index in [0.717, 1.165) is 18.9 Å². The largest absolute Gasteiger partial charge is 0.354 e. The van der Waals surface area contributed by atoms with E-state index in [9.17, 15) is 4.39 Å². The second-order valence-electron chi connectivity index (χ2n) is 5.47. The zero-order valence-corrected chi connectivity index (χ0v) is 12.3. The summed E-state index contributed by atoms with van der Waals surface area (Å²) in [5, 5.41) is 7.27. The highest BCUT2D eigenvalue weighted by atomic mass is 35.5. The maximum atomic E-state index is 13.9. The molecule has 2 N–H and O–H groups in total. The quantitative estimate of drug-likeness (QED) is 0.662. The van der Waals surface area contributed by atoms with Crippen molar-refractivity contribution in [3.8, 4) is 0 Å². The van der Waals surface area contributed by atoms with Crippen molar-refractivity contribution in [1.29, 1.82) is 0 Å². The molecular weight excluding hydrogens is 277 g/mol. The first-order valence-corrected chi connectivity index (χ1v) is 7.58. The number of nitrogens with one attached hydrogen (secondary N) is 2. The van der Waals surface area contributed by atoms with Gasteiger partial charge in [-0.1, -0.05) is 17.7 Å². The van der Waals surface area contributed by atoms with Crippen LogP contribution in [0.5, 0.6) is 0 Å². The third-order valence-corrected chi connectivity index (χ3v) is 4.05. The summed E-state index contributed by atoms with van der Waals surface area (Å²) in [5.41, 5.74) is 0.633. The molecule has 0 aliphatic heterocycles. The second-order valence-corrected chi connectivity index (χ2v) is 5.88. The summed E-state index contributed by atoms with van der Waals surface area (Å²) in [6.45, 7) is 2.74. The van der Waals surface area contributed by atoms with Crippen molar-refractivity contribution in [1.82, 2.24) is 10.6 Å². The van der Waals surface area contributed by atoms with E-state index in [1.807, 2.05) is 6.92 Å². The Morgan fingerprint density at radius 3 is 2.85 bits per heavy atom.